The van der Waals surface area contributed by atoms with Crippen LogP contribution < -0.4 is 11.1 Å². The second kappa shape index (κ2) is 6.44. The van der Waals surface area contributed by atoms with Crippen LogP contribution >= 0.6 is 0 Å². The van der Waals surface area contributed by atoms with Crippen molar-refractivity contribution < 1.29 is 4.42 Å². The molecule has 0 saturated heterocycles. The highest BCUT2D eigenvalue weighted by Crippen LogP contribution is 2.23. The Bertz CT molecular complexity index is 1130. The van der Waals surface area contributed by atoms with E-state index in [4.69, 9.17) is 4.42 Å². The predicted octanol–water partition coefficient (Wildman–Crippen LogP) is 3.29. The third-order valence-electron chi connectivity index (χ3n) is 4.14. The number of aromatic nitrogens is 4. The Morgan fingerprint density at radius 2 is 1.92 bits per heavy atom. The summed E-state index contributed by atoms with van der Waals surface area (Å²) in [7, 11) is 1.68. The quantitative estimate of drug-likeness (QED) is 0.610. The highest BCUT2D eigenvalue weighted by atomic mass is 16.4. The molecule has 4 rings (SSSR count). The Hall–Kier alpha value is -3.48. The summed E-state index contributed by atoms with van der Waals surface area (Å²) in [5.41, 5.74) is 3.90. The molecule has 0 amide bonds. The first-order chi connectivity index (χ1) is 12.6. The number of benzene rings is 1. The van der Waals surface area contributed by atoms with E-state index in [-0.39, 0.29) is 5.76 Å². The highest BCUT2D eigenvalue weighted by molar-refractivity contribution is 5.78. The summed E-state index contributed by atoms with van der Waals surface area (Å²) in [6, 6.07) is 11.2. The Balaban J connectivity index is 1.72. The van der Waals surface area contributed by atoms with Crippen molar-refractivity contribution in [3.8, 4) is 11.4 Å². The molecular weight excluding hydrogens is 330 g/mol. The maximum Gasteiger partial charge on any atom is 0.419 e. The van der Waals surface area contributed by atoms with Gasteiger partial charge >= 0.3 is 5.76 Å². The standard InChI is InChI=1S/C19H17N5O2/c1-3-13-11-17(23-18(22-13)12-6-8-20-9-7-12)21-14-4-5-15-16(10-14)26-19(25)24(15)2/h4-11H,3H2,1-2H3,(H,21,22,23). The van der Waals surface area contributed by atoms with Crippen molar-refractivity contribution in [2.45, 2.75) is 13.3 Å². The van der Waals surface area contributed by atoms with Gasteiger partial charge in [0.2, 0.25) is 0 Å². The van der Waals surface area contributed by atoms with Gasteiger partial charge in [0.15, 0.2) is 11.4 Å². The molecule has 0 radical (unpaired) electrons. The topological polar surface area (TPSA) is 85.8 Å². The van der Waals surface area contributed by atoms with Crippen LogP contribution in [-0.4, -0.2) is 19.5 Å². The van der Waals surface area contributed by atoms with Crippen molar-refractivity contribution in [3.63, 3.8) is 0 Å². The second-order valence-corrected chi connectivity index (χ2v) is 5.89. The average molecular weight is 347 g/mol. The summed E-state index contributed by atoms with van der Waals surface area (Å²) in [6.07, 6.45) is 4.23. The van der Waals surface area contributed by atoms with Gasteiger partial charge in [-0.25, -0.2) is 14.8 Å². The molecule has 0 aliphatic rings. The van der Waals surface area contributed by atoms with Gasteiger partial charge < -0.3 is 9.73 Å². The van der Waals surface area contributed by atoms with Crippen LogP contribution in [0.4, 0.5) is 11.5 Å². The lowest BCUT2D eigenvalue weighted by molar-refractivity contribution is 0.528. The monoisotopic (exact) mass is 347 g/mol. The normalized spacial score (nSPS) is 11.0. The van der Waals surface area contributed by atoms with Crippen LogP contribution in [0.1, 0.15) is 12.6 Å². The molecule has 0 aliphatic carbocycles. The van der Waals surface area contributed by atoms with Crippen molar-refractivity contribution in [3.05, 3.63) is 65.0 Å². The molecule has 0 saturated carbocycles. The molecule has 7 heteroatoms. The number of fused-ring (bicyclic) bond motifs is 1. The minimum atomic E-state index is -0.382. The van der Waals surface area contributed by atoms with E-state index in [2.05, 4.69) is 20.3 Å². The van der Waals surface area contributed by atoms with Crippen molar-refractivity contribution in [2.75, 3.05) is 5.32 Å². The van der Waals surface area contributed by atoms with E-state index in [0.29, 0.717) is 17.2 Å². The van der Waals surface area contributed by atoms with Gasteiger partial charge in [-0.3, -0.25) is 9.55 Å². The lowest BCUT2D eigenvalue weighted by atomic mass is 10.2. The van der Waals surface area contributed by atoms with Crippen LogP contribution in [-0.2, 0) is 13.5 Å². The number of nitrogens with zero attached hydrogens (tertiary/aromatic N) is 4. The minimum Gasteiger partial charge on any atom is -0.408 e. The predicted molar refractivity (Wildman–Crippen MR) is 99.4 cm³/mol. The van der Waals surface area contributed by atoms with Crippen LogP contribution in [0.3, 0.4) is 0 Å². The van der Waals surface area contributed by atoms with Crippen LogP contribution in [0.2, 0.25) is 0 Å². The Kier molecular flexibility index (Phi) is 3.96. The lowest BCUT2D eigenvalue weighted by Crippen LogP contribution is -2.08. The minimum absolute atomic E-state index is 0.382. The summed E-state index contributed by atoms with van der Waals surface area (Å²) in [5.74, 6) is 0.940. The molecule has 0 spiro atoms. The van der Waals surface area contributed by atoms with Gasteiger partial charge in [-0.15, -0.1) is 0 Å². The van der Waals surface area contributed by atoms with Gasteiger partial charge in [0.25, 0.3) is 0 Å². The van der Waals surface area contributed by atoms with E-state index >= 15 is 0 Å². The van der Waals surface area contributed by atoms with Gasteiger partial charge in [-0.1, -0.05) is 6.92 Å². The number of nitrogens with one attached hydrogen (secondary N) is 1. The molecule has 26 heavy (non-hydrogen) atoms. The van der Waals surface area contributed by atoms with Crippen LogP contribution in [0.5, 0.6) is 0 Å². The SMILES string of the molecule is CCc1cc(Nc2ccc3c(c2)oc(=O)n3C)nc(-c2ccncc2)n1. The number of oxazole rings is 1. The van der Waals surface area contributed by atoms with Gasteiger partial charge in [0, 0.05) is 48.5 Å². The van der Waals surface area contributed by atoms with E-state index in [9.17, 15) is 4.79 Å². The van der Waals surface area contributed by atoms with Gasteiger partial charge in [-0.2, -0.15) is 0 Å². The molecule has 0 fully saturated rings. The Morgan fingerprint density at radius 3 is 2.69 bits per heavy atom. The fourth-order valence-electron chi connectivity index (χ4n) is 2.73. The van der Waals surface area contributed by atoms with Crippen LogP contribution in [0, 0.1) is 0 Å². The molecule has 3 aromatic heterocycles. The van der Waals surface area contributed by atoms with Gasteiger partial charge in [-0.05, 0) is 30.7 Å². The van der Waals surface area contributed by atoms with E-state index in [0.717, 1.165) is 28.9 Å². The lowest BCUT2D eigenvalue weighted by Gasteiger charge is -2.09. The van der Waals surface area contributed by atoms with Crippen molar-refractivity contribution in [1.29, 1.82) is 0 Å². The molecule has 1 N–H and O–H groups in total. The largest absolute Gasteiger partial charge is 0.419 e. The molecule has 0 atom stereocenters. The molecule has 1 aromatic carbocycles. The maximum atomic E-state index is 11.6. The molecule has 130 valence electrons. The number of rotatable bonds is 4. The first-order valence-corrected chi connectivity index (χ1v) is 8.29. The molecule has 0 bridgehead atoms. The summed E-state index contributed by atoms with van der Waals surface area (Å²) >= 11 is 0. The summed E-state index contributed by atoms with van der Waals surface area (Å²) in [6.45, 7) is 2.05. The van der Waals surface area contributed by atoms with Crippen LogP contribution in [0.25, 0.3) is 22.5 Å². The number of anilines is 2. The van der Waals surface area contributed by atoms with E-state index in [1.54, 1.807) is 25.5 Å². The zero-order chi connectivity index (χ0) is 18.1. The van der Waals surface area contributed by atoms with Crippen molar-refractivity contribution in [1.82, 2.24) is 19.5 Å². The zero-order valence-corrected chi connectivity index (χ0v) is 14.4. The maximum absolute atomic E-state index is 11.6. The summed E-state index contributed by atoms with van der Waals surface area (Å²) < 4.78 is 6.72. The highest BCUT2D eigenvalue weighted by Gasteiger charge is 2.09. The molecule has 4 aromatic rings. The molecular formula is C19H17N5O2. The third kappa shape index (κ3) is 2.95. The number of pyridine rings is 1. The van der Waals surface area contributed by atoms with Gasteiger partial charge in [0.05, 0.1) is 5.52 Å². The summed E-state index contributed by atoms with van der Waals surface area (Å²) in [5, 5.41) is 3.27. The first-order valence-electron chi connectivity index (χ1n) is 8.29. The molecule has 0 aliphatic heterocycles. The fraction of sp³-hybridized carbons (Fsp3) is 0.158. The smallest absolute Gasteiger partial charge is 0.408 e. The fourth-order valence-corrected chi connectivity index (χ4v) is 2.73. The van der Waals surface area contributed by atoms with Crippen molar-refractivity contribution >= 4 is 22.6 Å². The molecule has 7 nitrogen and oxygen atoms in total. The van der Waals surface area contributed by atoms with Crippen molar-refractivity contribution in [2.24, 2.45) is 7.05 Å². The summed E-state index contributed by atoms with van der Waals surface area (Å²) in [4.78, 5) is 24.9. The third-order valence-corrected chi connectivity index (χ3v) is 4.14. The zero-order valence-electron chi connectivity index (χ0n) is 14.4. The molecule has 0 unspecified atom stereocenters. The number of hydrogen-bond donors (Lipinski definition) is 1. The Labute approximate surface area is 149 Å². The van der Waals surface area contributed by atoms with E-state index in [1.807, 2.05) is 37.3 Å². The van der Waals surface area contributed by atoms with E-state index < -0.39 is 0 Å². The molecule has 3 heterocycles. The van der Waals surface area contributed by atoms with E-state index in [1.165, 1.54) is 4.57 Å². The first kappa shape index (κ1) is 16.0. The number of hydrogen-bond acceptors (Lipinski definition) is 6. The Morgan fingerprint density at radius 1 is 1.12 bits per heavy atom. The van der Waals surface area contributed by atoms with Crippen LogP contribution in [0.15, 0.2) is 58.0 Å². The average Bonchev–Trinajstić information content (AvgIpc) is 2.95. The second-order valence-electron chi connectivity index (χ2n) is 5.89. The number of aryl methyl sites for hydroxylation is 2. The van der Waals surface area contributed by atoms with Gasteiger partial charge in [0.1, 0.15) is 5.82 Å².